The first kappa shape index (κ1) is 23.8. The quantitative estimate of drug-likeness (QED) is 0.587. The predicted molar refractivity (Wildman–Crippen MR) is 116 cm³/mol. The van der Waals surface area contributed by atoms with Crippen molar-refractivity contribution >= 4 is 5.97 Å². The highest BCUT2D eigenvalue weighted by atomic mass is 16.7. The predicted octanol–water partition coefficient (Wildman–Crippen LogP) is 3.26. The van der Waals surface area contributed by atoms with Crippen molar-refractivity contribution in [3.05, 3.63) is 53.1 Å². The minimum absolute atomic E-state index is 0.00794. The Hall–Kier alpha value is -2.81. The van der Waals surface area contributed by atoms with E-state index in [0.717, 1.165) is 11.1 Å². The lowest BCUT2D eigenvalue weighted by atomic mass is 10.1. The van der Waals surface area contributed by atoms with E-state index in [4.69, 9.17) is 28.4 Å². The molecule has 1 aliphatic heterocycles. The van der Waals surface area contributed by atoms with E-state index in [1.807, 2.05) is 31.2 Å². The van der Waals surface area contributed by atoms with Gasteiger partial charge in [0.05, 0.1) is 32.0 Å². The first-order chi connectivity index (χ1) is 15.4. The van der Waals surface area contributed by atoms with Crippen molar-refractivity contribution in [2.75, 3.05) is 27.9 Å². The number of methoxy groups -OCH3 is 3. The van der Waals surface area contributed by atoms with Crippen LogP contribution < -0.4 is 14.2 Å². The maximum atomic E-state index is 12.7. The van der Waals surface area contributed by atoms with Crippen molar-refractivity contribution in [1.29, 1.82) is 0 Å². The van der Waals surface area contributed by atoms with Gasteiger partial charge in [-0.25, -0.2) is 4.79 Å². The Kier molecular flexibility index (Phi) is 8.33. The molecule has 32 heavy (non-hydrogen) atoms. The molecule has 0 spiro atoms. The van der Waals surface area contributed by atoms with Gasteiger partial charge in [-0.05, 0) is 24.6 Å². The molecule has 0 amide bonds. The molecule has 174 valence electrons. The number of carbonyl (C=O) groups is 1. The van der Waals surface area contributed by atoms with E-state index in [-0.39, 0.29) is 12.2 Å². The topological polar surface area (TPSA) is 92.7 Å². The number of benzene rings is 2. The molecule has 1 saturated heterocycles. The van der Waals surface area contributed by atoms with Crippen LogP contribution in [0, 0.1) is 6.92 Å². The van der Waals surface area contributed by atoms with E-state index in [0.29, 0.717) is 36.7 Å². The molecule has 2 aromatic rings. The van der Waals surface area contributed by atoms with Gasteiger partial charge in [0.2, 0.25) is 5.75 Å². The highest BCUT2D eigenvalue weighted by Crippen LogP contribution is 2.39. The van der Waals surface area contributed by atoms with Crippen LogP contribution in [0.25, 0.3) is 0 Å². The van der Waals surface area contributed by atoms with E-state index in [9.17, 15) is 9.90 Å². The zero-order valence-electron chi connectivity index (χ0n) is 18.8. The monoisotopic (exact) mass is 446 g/mol. The Morgan fingerprint density at radius 2 is 1.81 bits per heavy atom. The van der Waals surface area contributed by atoms with Gasteiger partial charge in [0.1, 0.15) is 13.2 Å². The average molecular weight is 446 g/mol. The molecule has 0 saturated carbocycles. The molecule has 8 heteroatoms. The number of aliphatic hydroxyl groups is 1. The van der Waals surface area contributed by atoms with Crippen molar-refractivity contribution in [3.63, 3.8) is 0 Å². The number of aliphatic hydroxyl groups excluding tert-OH is 1. The first-order valence-corrected chi connectivity index (χ1v) is 10.4. The number of aryl methyl sites for hydroxylation is 1. The summed E-state index contributed by atoms with van der Waals surface area (Å²) < 4.78 is 33.0. The van der Waals surface area contributed by atoms with Crippen LogP contribution in [0.3, 0.4) is 0 Å². The molecule has 3 unspecified atom stereocenters. The summed E-state index contributed by atoms with van der Waals surface area (Å²) in [5.41, 5.74) is 2.39. The summed E-state index contributed by atoms with van der Waals surface area (Å²) >= 11 is 0. The van der Waals surface area contributed by atoms with Gasteiger partial charge in [-0.2, -0.15) is 0 Å². The summed E-state index contributed by atoms with van der Waals surface area (Å²) in [6.45, 7) is 2.33. The number of hydrogen-bond donors (Lipinski definition) is 1. The number of rotatable bonds is 9. The molecule has 2 aromatic carbocycles. The lowest BCUT2D eigenvalue weighted by Crippen LogP contribution is -2.39. The van der Waals surface area contributed by atoms with Crippen molar-refractivity contribution in [1.82, 2.24) is 0 Å². The van der Waals surface area contributed by atoms with Gasteiger partial charge in [-0.3, -0.25) is 0 Å². The second-order valence-corrected chi connectivity index (χ2v) is 7.63. The standard InChI is InChI=1S/C24H30O8/c1-15-6-5-7-16(8-15)13-30-23-20(27-2)9-17(10-21(23)28-3)24(26)31-14-19-11-18(25)12-22(29-4)32-19/h5-10,18-19,22,25H,11-14H2,1-4H3. The van der Waals surface area contributed by atoms with Crippen LogP contribution in [0.15, 0.2) is 36.4 Å². The summed E-state index contributed by atoms with van der Waals surface area (Å²) in [5, 5.41) is 9.93. The molecule has 1 heterocycles. The molecule has 1 N–H and O–H groups in total. The van der Waals surface area contributed by atoms with E-state index in [1.165, 1.54) is 21.3 Å². The normalized spacial score (nSPS) is 20.5. The van der Waals surface area contributed by atoms with Crippen LogP contribution in [0.2, 0.25) is 0 Å². The Morgan fingerprint density at radius 3 is 2.44 bits per heavy atom. The molecule has 1 aliphatic rings. The summed E-state index contributed by atoms with van der Waals surface area (Å²) in [7, 11) is 4.49. The number of hydrogen-bond acceptors (Lipinski definition) is 8. The molecule has 3 atom stereocenters. The van der Waals surface area contributed by atoms with Crippen molar-refractivity contribution in [3.8, 4) is 17.2 Å². The second kappa shape index (κ2) is 11.2. The Morgan fingerprint density at radius 1 is 1.09 bits per heavy atom. The molecule has 0 aliphatic carbocycles. The fourth-order valence-corrected chi connectivity index (χ4v) is 3.56. The number of esters is 1. The van der Waals surface area contributed by atoms with Crippen LogP contribution in [-0.2, 0) is 20.8 Å². The van der Waals surface area contributed by atoms with Gasteiger partial charge in [-0.15, -0.1) is 0 Å². The molecule has 3 rings (SSSR count). The lowest BCUT2D eigenvalue weighted by Gasteiger charge is -2.31. The van der Waals surface area contributed by atoms with Gasteiger partial charge in [0.15, 0.2) is 17.8 Å². The van der Waals surface area contributed by atoms with Gasteiger partial charge in [0, 0.05) is 20.0 Å². The summed E-state index contributed by atoms with van der Waals surface area (Å²) in [4.78, 5) is 12.7. The third kappa shape index (κ3) is 6.12. The maximum absolute atomic E-state index is 12.7. The molecule has 0 bridgehead atoms. The highest BCUT2D eigenvalue weighted by molar-refractivity contribution is 5.91. The van der Waals surface area contributed by atoms with Gasteiger partial charge < -0.3 is 33.5 Å². The summed E-state index contributed by atoms with van der Waals surface area (Å²) in [5.74, 6) is 0.541. The molecule has 0 aromatic heterocycles. The van der Waals surface area contributed by atoms with Gasteiger partial charge in [-0.1, -0.05) is 29.8 Å². The van der Waals surface area contributed by atoms with E-state index in [2.05, 4.69) is 0 Å². The fourth-order valence-electron chi connectivity index (χ4n) is 3.56. The van der Waals surface area contributed by atoms with E-state index in [1.54, 1.807) is 12.1 Å². The Labute approximate surface area is 187 Å². The zero-order chi connectivity index (χ0) is 23.1. The van der Waals surface area contributed by atoms with Crippen LogP contribution in [0.4, 0.5) is 0 Å². The highest BCUT2D eigenvalue weighted by Gasteiger charge is 2.29. The molecule has 0 radical (unpaired) electrons. The summed E-state index contributed by atoms with van der Waals surface area (Å²) in [6.07, 6.45) is -0.784. The van der Waals surface area contributed by atoms with Crippen LogP contribution in [0.5, 0.6) is 17.2 Å². The number of ether oxygens (including phenoxy) is 6. The molecule has 8 nitrogen and oxygen atoms in total. The first-order valence-electron chi connectivity index (χ1n) is 10.4. The molecule has 1 fully saturated rings. The van der Waals surface area contributed by atoms with E-state index < -0.39 is 24.5 Å². The average Bonchev–Trinajstić information content (AvgIpc) is 2.80. The lowest BCUT2D eigenvalue weighted by molar-refractivity contribution is -0.210. The van der Waals surface area contributed by atoms with Crippen LogP contribution >= 0.6 is 0 Å². The van der Waals surface area contributed by atoms with Crippen LogP contribution in [0.1, 0.15) is 34.3 Å². The molecular formula is C24H30O8. The number of carbonyl (C=O) groups excluding carboxylic acids is 1. The Bertz CT molecular complexity index is 888. The second-order valence-electron chi connectivity index (χ2n) is 7.63. The van der Waals surface area contributed by atoms with Crippen molar-refractivity contribution in [2.45, 2.75) is 44.9 Å². The SMILES string of the molecule is COc1cc(C(=O)OCC2CC(O)CC(OC)O2)cc(OC)c1OCc1cccc(C)c1. The minimum atomic E-state index is -0.567. The Balaban J connectivity index is 1.69. The summed E-state index contributed by atoms with van der Waals surface area (Å²) in [6, 6.07) is 11.1. The maximum Gasteiger partial charge on any atom is 0.338 e. The van der Waals surface area contributed by atoms with E-state index >= 15 is 0 Å². The third-order valence-corrected chi connectivity index (χ3v) is 5.17. The van der Waals surface area contributed by atoms with Gasteiger partial charge >= 0.3 is 5.97 Å². The smallest absolute Gasteiger partial charge is 0.338 e. The van der Waals surface area contributed by atoms with Crippen molar-refractivity contribution < 1.29 is 38.3 Å². The van der Waals surface area contributed by atoms with Gasteiger partial charge in [0.25, 0.3) is 0 Å². The molecular weight excluding hydrogens is 416 g/mol. The van der Waals surface area contributed by atoms with Crippen molar-refractivity contribution in [2.24, 2.45) is 0 Å². The largest absolute Gasteiger partial charge is 0.493 e. The third-order valence-electron chi connectivity index (χ3n) is 5.17. The zero-order valence-corrected chi connectivity index (χ0v) is 18.8. The van der Waals surface area contributed by atoms with Crippen LogP contribution in [-0.4, -0.2) is 57.5 Å². The minimum Gasteiger partial charge on any atom is -0.493 e. The fraction of sp³-hybridized carbons (Fsp3) is 0.458.